The molecule has 1 aliphatic heterocycles. The number of anilines is 1. The molecule has 0 saturated carbocycles. The lowest BCUT2D eigenvalue weighted by Crippen LogP contribution is -2.42. The molecule has 0 amide bonds. The van der Waals surface area contributed by atoms with Crippen molar-refractivity contribution < 1.29 is 13.2 Å². The average Bonchev–Trinajstić information content (AvgIpc) is 2.75. The highest BCUT2D eigenvalue weighted by Crippen LogP contribution is 2.24. The van der Waals surface area contributed by atoms with Crippen LogP contribution in [-0.2, 0) is 16.6 Å². The Morgan fingerprint density at radius 1 is 1.09 bits per heavy atom. The van der Waals surface area contributed by atoms with Gasteiger partial charge in [0.2, 0.25) is 10.0 Å². The summed E-state index contributed by atoms with van der Waals surface area (Å²) in [6, 6.07) is 11.7. The summed E-state index contributed by atoms with van der Waals surface area (Å²) >= 11 is 0. The Morgan fingerprint density at radius 2 is 1.75 bits per heavy atom. The van der Waals surface area contributed by atoms with Crippen molar-refractivity contribution in [2.45, 2.75) is 70.1 Å². The third-order valence-corrected chi connectivity index (χ3v) is 8.09. The molecule has 0 unspecified atom stereocenters. The number of rotatable bonds is 9. The van der Waals surface area contributed by atoms with Crippen LogP contribution in [0.3, 0.4) is 0 Å². The van der Waals surface area contributed by atoms with Crippen molar-refractivity contribution in [3.8, 4) is 5.75 Å². The van der Waals surface area contributed by atoms with E-state index in [0.29, 0.717) is 11.9 Å². The Hall–Kier alpha value is -2.16. The monoisotopic (exact) mass is 460 g/mol. The summed E-state index contributed by atoms with van der Waals surface area (Å²) in [5.41, 5.74) is 1.21. The van der Waals surface area contributed by atoms with Gasteiger partial charge < -0.3 is 10.1 Å². The van der Waals surface area contributed by atoms with Crippen LogP contribution in [0.15, 0.2) is 47.5 Å². The average molecular weight is 461 g/mol. The van der Waals surface area contributed by atoms with Gasteiger partial charge in [-0.05, 0) is 58.7 Å². The molecule has 0 radical (unpaired) electrons. The zero-order valence-electron chi connectivity index (χ0n) is 19.8. The van der Waals surface area contributed by atoms with Gasteiger partial charge in [0.05, 0.1) is 7.11 Å². The molecule has 1 aromatic heterocycles. The first-order chi connectivity index (χ1) is 15.2. The number of nitrogens with zero attached hydrogens (tertiary/aromatic N) is 3. The van der Waals surface area contributed by atoms with Gasteiger partial charge in [-0.15, -0.1) is 0 Å². The number of aromatic nitrogens is 1. The largest absolute Gasteiger partial charge is 0.496 e. The lowest BCUT2D eigenvalue weighted by molar-refractivity contribution is 0.209. The van der Waals surface area contributed by atoms with Gasteiger partial charge in [-0.3, -0.25) is 4.90 Å². The van der Waals surface area contributed by atoms with E-state index in [0.717, 1.165) is 38.2 Å². The van der Waals surface area contributed by atoms with Crippen molar-refractivity contribution in [1.82, 2.24) is 14.2 Å². The lowest BCUT2D eigenvalue weighted by Gasteiger charge is -2.33. The molecule has 2 heterocycles. The standard InChI is InChI=1S/C24H36N4O3S/c1-18(2)28(19(3)4)32(29,30)22-10-11-24(25-16-22)26-21-12-14-27(15-13-21)17-20-8-6-7-9-23(20)31-5/h6-11,16,18-19,21H,12-15,17H2,1-5H3,(H,25,26). The molecule has 0 bridgehead atoms. The van der Waals surface area contributed by atoms with E-state index in [1.165, 1.54) is 16.1 Å². The van der Waals surface area contributed by atoms with Crippen LogP contribution in [0.4, 0.5) is 5.82 Å². The summed E-state index contributed by atoms with van der Waals surface area (Å²) in [5, 5.41) is 3.47. The first-order valence-electron chi connectivity index (χ1n) is 11.3. The van der Waals surface area contributed by atoms with Crippen molar-refractivity contribution >= 4 is 15.8 Å². The number of para-hydroxylation sites is 1. The minimum absolute atomic E-state index is 0.112. The van der Waals surface area contributed by atoms with Crippen LogP contribution in [0.5, 0.6) is 5.75 Å². The molecule has 1 fully saturated rings. The number of benzene rings is 1. The van der Waals surface area contributed by atoms with Gasteiger partial charge in [0.25, 0.3) is 0 Å². The molecule has 7 nitrogen and oxygen atoms in total. The van der Waals surface area contributed by atoms with Crippen molar-refractivity contribution in [3.63, 3.8) is 0 Å². The second-order valence-corrected chi connectivity index (χ2v) is 10.8. The Bertz CT molecular complexity index is 961. The van der Waals surface area contributed by atoms with Crippen LogP contribution in [-0.4, -0.2) is 60.9 Å². The number of hydrogen-bond acceptors (Lipinski definition) is 6. The third-order valence-electron chi connectivity index (χ3n) is 5.86. The lowest BCUT2D eigenvalue weighted by atomic mass is 10.0. The molecular formula is C24H36N4O3S. The molecule has 176 valence electrons. The van der Waals surface area contributed by atoms with Gasteiger partial charge in [0, 0.05) is 49.5 Å². The molecule has 0 atom stereocenters. The van der Waals surface area contributed by atoms with Gasteiger partial charge in [0.15, 0.2) is 0 Å². The Labute approximate surface area is 192 Å². The van der Waals surface area contributed by atoms with Crippen molar-refractivity contribution in [1.29, 1.82) is 0 Å². The minimum Gasteiger partial charge on any atom is -0.496 e. The molecule has 8 heteroatoms. The number of methoxy groups -OCH3 is 1. The van der Waals surface area contributed by atoms with Gasteiger partial charge in [-0.1, -0.05) is 18.2 Å². The number of pyridine rings is 1. The van der Waals surface area contributed by atoms with Crippen molar-refractivity contribution in [2.75, 3.05) is 25.5 Å². The number of nitrogens with one attached hydrogen (secondary N) is 1. The quantitative estimate of drug-likeness (QED) is 0.610. The molecule has 0 aliphatic carbocycles. The Kier molecular flexibility index (Phi) is 8.14. The highest BCUT2D eigenvalue weighted by atomic mass is 32.2. The molecule has 1 saturated heterocycles. The van der Waals surface area contributed by atoms with Crippen LogP contribution >= 0.6 is 0 Å². The van der Waals surface area contributed by atoms with E-state index in [-0.39, 0.29) is 17.0 Å². The van der Waals surface area contributed by atoms with Crippen LogP contribution in [0.1, 0.15) is 46.1 Å². The van der Waals surface area contributed by atoms with E-state index >= 15 is 0 Å². The van der Waals surface area contributed by atoms with Gasteiger partial charge in [0.1, 0.15) is 16.5 Å². The normalized spacial score (nSPS) is 16.1. The van der Waals surface area contributed by atoms with E-state index < -0.39 is 10.0 Å². The van der Waals surface area contributed by atoms with E-state index in [4.69, 9.17) is 4.74 Å². The minimum atomic E-state index is -3.57. The van der Waals surface area contributed by atoms with Crippen molar-refractivity contribution in [3.05, 3.63) is 48.2 Å². The van der Waals surface area contributed by atoms with Crippen LogP contribution < -0.4 is 10.1 Å². The number of hydrogen-bond donors (Lipinski definition) is 1. The van der Waals surface area contributed by atoms with E-state index in [9.17, 15) is 8.42 Å². The predicted octanol–water partition coefficient (Wildman–Crippen LogP) is 3.97. The molecule has 1 aliphatic rings. The fourth-order valence-electron chi connectivity index (χ4n) is 4.41. The highest BCUT2D eigenvalue weighted by molar-refractivity contribution is 7.89. The molecule has 1 aromatic carbocycles. The summed E-state index contributed by atoms with van der Waals surface area (Å²) in [6.07, 6.45) is 3.48. The maximum atomic E-state index is 13.0. The highest BCUT2D eigenvalue weighted by Gasteiger charge is 2.29. The summed E-state index contributed by atoms with van der Waals surface area (Å²) < 4.78 is 33.0. The van der Waals surface area contributed by atoms with Gasteiger partial charge >= 0.3 is 0 Å². The number of piperidine rings is 1. The number of sulfonamides is 1. The number of likely N-dealkylation sites (tertiary alicyclic amines) is 1. The molecular weight excluding hydrogens is 424 g/mol. The Balaban J connectivity index is 1.57. The van der Waals surface area contributed by atoms with E-state index in [2.05, 4.69) is 21.3 Å². The molecule has 3 rings (SSSR count). The second kappa shape index (κ2) is 10.6. The van der Waals surface area contributed by atoms with Crippen molar-refractivity contribution in [2.24, 2.45) is 0 Å². The fourth-order valence-corrected chi connectivity index (χ4v) is 6.19. The zero-order valence-corrected chi connectivity index (χ0v) is 20.6. The first-order valence-corrected chi connectivity index (χ1v) is 12.8. The molecule has 2 aromatic rings. The SMILES string of the molecule is COc1ccccc1CN1CCC(Nc2ccc(S(=O)(=O)N(C(C)C)C(C)C)cn2)CC1. The number of ether oxygens (including phenoxy) is 1. The summed E-state index contributed by atoms with van der Waals surface area (Å²) in [7, 11) is -1.86. The van der Waals surface area contributed by atoms with Crippen LogP contribution in [0.25, 0.3) is 0 Å². The molecule has 1 N–H and O–H groups in total. The zero-order chi connectivity index (χ0) is 23.3. The summed E-state index contributed by atoms with van der Waals surface area (Å²) in [4.78, 5) is 7.07. The van der Waals surface area contributed by atoms with E-state index in [1.54, 1.807) is 19.2 Å². The predicted molar refractivity (Wildman–Crippen MR) is 128 cm³/mol. The van der Waals surface area contributed by atoms with Gasteiger partial charge in [-0.2, -0.15) is 4.31 Å². The molecule has 0 spiro atoms. The third kappa shape index (κ3) is 5.79. The Morgan fingerprint density at radius 3 is 2.31 bits per heavy atom. The fraction of sp³-hybridized carbons (Fsp3) is 0.542. The van der Waals surface area contributed by atoms with Crippen LogP contribution in [0.2, 0.25) is 0 Å². The first kappa shape index (κ1) is 24.5. The maximum Gasteiger partial charge on any atom is 0.245 e. The topological polar surface area (TPSA) is 74.8 Å². The molecule has 32 heavy (non-hydrogen) atoms. The second-order valence-electron chi connectivity index (χ2n) is 8.91. The maximum absolute atomic E-state index is 13.0. The summed E-state index contributed by atoms with van der Waals surface area (Å²) in [5.74, 6) is 1.65. The van der Waals surface area contributed by atoms with Gasteiger partial charge in [-0.25, -0.2) is 13.4 Å². The summed E-state index contributed by atoms with van der Waals surface area (Å²) in [6.45, 7) is 10.4. The van der Waals surface area contributed by atoms with Crippen LogP contribution in [0, 0.1) is 0 Å². The smallest absolute Gasteiger partial charge is 0.245 e. The van der Waals surface area contributed by atoms with E-state index in [1.807, 2.05) is 45.9 Å².